The fraction of sp³-hybridized carbons (Fsp3) is 0.360. The summed E-state index contributed by atoms with van der Waals surface area (Å²) in [5.41, 5.74) is 0.858. The quantitative estimate of drug-likeness (QED) is 0.328. The summed E-state index contributed by atoms with van der Waals surface area (Å²) >= 11 is 12.6. The van der Waals surface area contributed by atoms with Crippen LogP contribution in [0.1, 0.15) is 49.3 Å². The molecule has 1 amide bonds. The molecule has 1 saturated carbocycles. The van der Waals surface area contributed by atoms with Gasteiger partial charge in [-0.3, -0.25) is 9.59 Å². The van der Waals surface area contributed by atoms with Gasteiger partial charge in [0, 0.05) is 17.2 Å². The molecule has 0 radical (unpaired) electrons. The standard InChI is InChI=1S/C25H25Cl2NO5/c1-32-19-11-7-6-10-16(19)21-20(22(29)14-12-17(26)24(33-2)18(27)13-14)23(30)25(31)28(21)15-8-4-3-5-9-15/h6-7,10-13,15,21,29H,3-5,8-9H2,1-2H3/b22-20+. The molecule has 2 fully saturated rings. The van der Waals surface area contributed by atoms with E-state index in [-0.39, 0.29) is 38.7 Å². The number of hydrogen-bond acceptors (Lipinski definition) is 5. The molecule has 4 rings (SSSR count). The maximum Gasteiger partial charge on any atom is 0.295 e. The van der Waals surface area contributed by atoms with Gasteiger partial charge >= 0.3 is 0 Å². The van der Waals surface area contributed by atoms with Gasteiger partial charge in [-0.25, -0.2) is 0 Å². The molecule has 1 atom stereocenters. The van der Waals surface area contributed by atoms with Crippen molar-refractivity contribution in [1.29, 1.82) is 0 Å². The van der Waals surface area contributed by atoms with E-state index in [9.17, 15) is 14.7 Å². The molecular formula is C25H25Cl2NO5. The highest BCUT2D eigenvalue weighted by Gasteiger charge is 2.49. The molecule has 6 nitrogen and oxygen atoms in total. The number of nitrogens with zero attached hydrogens (tertiary/aromatic N) is 1. The number of benzene rings is 2. The fourth-order valence-electron chi connectivity index (χ4n) is 4.83. The summed E-state index contributed by atoms with van der Waals surface area (Å²) in [6.45, 7) is 0. The smallest absolute Gasteiger partial charge is 0.295 e. The minimum Gasteiger partial charge on any atom is -0.507 e. The summed E-state index contributed by atoms with van der Waals surface area (Å²) in [6.07, 6.45) is 4.67. The van der Waals surface area contributed by atoms with Gasteiger partial charge in [0.2, 0.25) is 0 Å². The predicted octanol–water partition coefficient (Wildman–Crippen LogP) is 5.77. The predicted molar refractivity (Wildman–Crippen MR) is 127 cm³/mol. The van der Waals surface area contributed by atoms with E-state index in [0.717, 1.165) is 32.1 Å². The van der Waals surface area contributed by atoms with Gasteiger partial charge in [-0.1, -0.05) is 60.7 Å². The number of aliphatic hydroxyl groups is 1. The second-order valence-corrected chi connectivity index (χ2v) is 9.03. The molecular weight excluding hydrogens is 465 g/mol. The number of ketones is 1. The van der Waals surface area contributed by atoms with Gasteiger partial charge in [0.15, 0.2) is 5.75 Å². The first-order valence-electron chi connectivity index (χ1n) is 10.9. The van der Waals surface area contributed by atoms with E-state index in [4.69, 9.17) is 32.7 Å². The molecule has 2 aromatic rings. The van der Waals surface area contributed by atoms with Gasteiger partial charge in [0.05, 0.1) is 35.9 Å². The van der Waals surface area contributed by atoms with Crippen LogP contribution in [-0.2, 0) is 9.59 Å². The highest BCUT2D eigenvalue weighted by molar-refractivity contribution is 6.47. The molecule has 1 heterocycles. The Morgan fingerprint density at radius 3 is 2.24 bits per heavy atom. The third-order valence-electron chi connectivity index (χ3n) is 6.36. The molecule has 1 N–H and O–H groups in total. The molecule has 8 heteroatoms. The highest BCUT2D eigenvalue weighted by Crippen LogP contribution is 2.46. The van der Waals surface area contributed by atoms with Gasteiger partial charge in [-0.2, -0.15) is 0 Å². The third-order valence-corrected chi connectivity index (χ3v) is 6.92. The van der Waals surface area contributed by atoms with Crippen LogP contribution in [-0.4, -0.2) is 42.0 Å². The minimum atomic E-state index is -0.788. The molecule has 2 aliphatic rings. The molecule has 0 spiro atoms. The van der Waals surface area contributed by atoms with Crippen molar-refractivity contribution in [3.8, 4) is 11.5 Å². The number of Topliss-reactive ketones (excluding diaryl/α,β-unsaturated/α-hetero) is 1. The topological polar surface area (TPSA) is 76.1 Å². The van der Waals surface area contributed by atoms with Crippen molar-refractivity contribution in [2.75, 3.05) is 14.2 Å². The average molecular weight is 490 g/mol. The number of amides is 1. The number of rotatable bonds is 5. The summed E-state index contributed by atoms with van der Waals surface area (Å²) in [7, 11) is 2.97. The largest absolute Gasteiger partial charge is 0.507 e. The maximum atomic E-state index is 13.3. The molecule has 1 aliphatic carbocycles. The first kappa shape index (κ1) is 23.5. The molecule has 174 valence electrons. The highest BCUT2D eigenvalue weighted by atomic mass is 35.5. The number of aliphatic hydroxyl groups excluding tert-OH is 1. The zero-order valence-corrected chi connectivity index (χ0v) is 19.9. The van der Waals surface area contributed by atoms with Gasteiger partial charge in [-0.15, -0.1) is 0 Å². The van der Waals surface area contributed by atoms with Crippen molar-refractivity contribution in [2.45, 2.75) is 44.2 Å². The number of likely N-dealkylation sites (tertiary alicyclic amines) is 1. The Hall–Kier alpha value is -2.70. The summed E-state index contributed by atoms with van der Waals surface area (Å²) in [4.78, 5) is 28.2. The van der Waals surface area contributed by atoms with Crippen LogP contribution in [0.4, 0.5) is 0 Å². The number of carbonyl (C=O) groups is 2. The lowest BCUT2D eigenvalue weighted by Crippen LogP contribution is -2.40. The van der Waals surface area contributed by atoms with E-state index in [1.54, 1.807) is 11.0 Å². The zero-order chi connectivity index (χ0) is 23.7. The van der Waals surface area contributed by atoms with Crippen molar-refractivity contribution < 1.29 is 24.2 Å². The Balaban J connectivity index is 1.93. The Morgan fingerprint density at radius 2 is 1.64 bits per heavy atom. The lowest BCUT2D eigenvalue weighted by molar-refractivity contribution is -0.141. The first-order chi connectivity index (χ1) is 15.9. The number of para-hydroxylation sites is 1. The fourth-order valence-corrected chi connectivity index (χ4v) is 5.47. The second kappa shape index (κ2) is 9.65. The average Bonchev–Trinajstić information content (AvgIpc) is 3.09. The van der Waals surface area contributed by atoms with E-state index in [1.165, 1.54) is 26.4 Å². The number of carbonyl (C=O) groups excluding carboxylic acids is 2. The Kier molecular flexibility index (Phi) is 6.86. The zero-order valence-electron chi connectivity index (χ0n) is 18.4. The Morgan fingerprint density at radius 1 is 1.00 bits per heavy atom. The van der Waals surface area contributed by atoms with Crippen molar-refractivity contribution >= 4 is 40.7 Å². The lowest BCUT2D eigenvalue weighted by atomic mass is 9.90. The maximum absolute atomic E-state index is 13.3. The third kappa shape index (κ3) is 4.18. The summed E-state index contributed by atoms with van der Waals surface area (Å²) in [6, 6.07) is 9.27. The van der Waals surface area contributed by atoms with Gasteiger partial charge in [-0.05, 0) is 31.0 Å². The molecule has 2 aromatic carbocycles. The molecule has 1 aliphatic heterocycles. The van der Waals surface area contributed by atoms with Crippen LogP contribution in [0.15, 0.2) is 42.0 Å². The summed E-state index contributed by atoms with van der Waals surface area (Å²) in [5, 5.41) is 11.7. The lowest BCUT2D eigenvalue weighted by Gasteiger charge is -2.35. The first-order valence-corrected chi connectivity index (χ1v) is 11.6. The van der Waals surface area contributed by atoms with Crippen LogP contribution in [0.5, 0.6) is 11.5 Å². The Labute approximate surface area is 202 Å². The Bertz CT molecular complexity index is 1100. The monoisotopic (exact) mass is 489 g/mol. The van der Waals surface area contributed by atoms with Crippen LogP contribution < -0.4 is 9.47 Å². The molecule has 0 bridgehead atoms. The van der Waals surface area contributed by atoms with E-state index >= 15 is 0 Å². The van der Waals surface area contributed by atoms with Gasteiger partial charge in [0.1, 0.15) is 11.5 Å². The van der Waals surface area contributed by atoms with Crippen molar-refractivity contribution in [1.82, 2.24) is 4.90 Å². The number of methoxy groups -OCH3 is 2. The van der Waals surface area contributed by atoms with Crippen LogP contribution in [0.25, 0.3) is 5.76 Å². The molecule has 1 unspecified atom stereocenters. The SMILES string of the molecule is COc1ccccc1C1/C(=C(\O)c2cc(Cl)c(OC)c(Cl)c2)C(=O)C(=O)N1C1CCCCC1. The van der Waals surface area contributed by atoms with Crippen molar-refractivity contribution in [2.24, 2.45) is 0 Å². The summed E-state index contributed by atoms with van der Waals surface area (Å²) < 4.78 is 10.7. The van der Waals surface area contributed by atoms with E-state index in [1.807, 2.05) is 18.2 Å². The van der Waals surface area contributed by atoms with E-state index < -0.39 is 17.7 Å². The van der Waals surface area contributed by atoms with Gasteiger partial charge < -0.3 is 19.5 Å². The van der Waals surface area contributed by atoms with Crippen LogP contribution in [0.2, 0.25) is 10.0 Å². The van der Waals surface area contributed by atoms with Crippen LogP contribution in [0.3, 0.4) is 0 Å². The van der Waals surface area contributed by atoms with Crippen molar-refractivity contribution in [3.05, 3.63) is 63.1 Å². The van der Waals surface area contributed by atoms with E-state index in [2.05, 4.69) is 0 Å². The van der Waals surface area contributed by atoms with Crippen LogP contribution in [0, 0.1) is 0 Å². The van der Waals surface area contributed by atoms with Crippen molar-refractivity contribution in [3.63, 3.8) is 0 Å². The number of hydrogen-bond donors (Lipinski definition) is 1. The summed E-state index contributed by atoms with van der Waals surface area (Å²) in [5.74, 6) is -0.906. The minimum absolute atomic E-state index is 0.00706. The normalized spacial score (nSPS) is 20.8. The number of halogens is 2. The molecule has 33 heavy (non-hydrogen) atoms. The molecule has 1 saturated heterocycles. The molecule has 0 aromatic heterocycles. The van der Waals surface area contributed by atoms with Gasteiger partial charge in [0.25, 0.3) is 11.7 Å². The second-order valence-electron chi connectivity index (χ2n) is 8.21. The van der Waals surface area contributed by atoms with Crippen LogP contribution >= 0.6 is 23.2 Å². The number of ether oxygens (including phenoxy) is 2. The van der Waals surface area contributed by atoms with E-state index in [0.29, 0.717) is 11.3 Å².